The summed E-state index contributed by atoms with van der Waals surface area (Å²) in [4.78, 5) is 3.90. The SMILES string of the molecule is Cn1nc(Nc2ccc(F)cc2)nc(N)c1=N. The number of aryl methyl sites for hydroxylation is 1. The minimum Gasteiger partial charge on any atom is -0.380 e. The quantitative estimate of drug-likeness (QED) is 0.715. The molecule has 0 atom stereocenters. The Hall–Kier alpha value is -2.44. The molecule has 1 aromatic carbocycles. The van der Waals surface area contributed by atoms with Gasteiger partial charge in [-0.1, -0.05) is 0 Å². The first-order chi connectivity index (χ1) is 8.06. The van der Waals surface area contributed by atoms with Crippen LogP contribution in [-0.4, -0.2) is 14.8 Å². The fraction of sp³-hybridized carbons (Fsp3) is 0.100. The van der Waals surface area contributed by atoms with Crippen molar-refractivity contribution in [2.45, 2.75) is 0 Å². The molecule has 0 bridgehead atoms. The monoisotopic (exact) mass is 234 g/mol. The lowest BCUT2D eigenvalue weighted by molar-refractivity contribution is 0.628. The molecule has 7 heteroatoms. The Bertz CT molecular complexity index is 562. The molecular weight excluding hydrogens is 223 g/mol. The maximum Gasteiger partial charge on any atom is 0.247 e. The van der Waals surface area contributed by atoms with Gasteiger partial charge < -0.3 is 11.1 Å². The Morgan fingerprint density at radius 3 is 2.59 bits per heavy atom. The normalized spacial score (nSPS) is 10.2. The molecule has 0 aliphatic heterocycles. The van der Waals surface area contributed by atoms with Gasteiger partial charge in [0, 0.05) is 12.7 Å². The highest BCUT2D eigenvalue weighted by molar-refractivity contribution is 5.53. The summed E-state index contributed by atoms with van der Waals surface area (Å²) in [6.45, 7) is 0. The van der Waals surface area contributed by atoms with E-state index >= 15 is 0 Å². The van der Waals surface area contributed by atoms with E-state index in [0.717, 1.165) is 0 Å². The number of benzene rings is 1. The zero-order valence-electron chi connectivity index (χ0n) is 9.11. The second kappa shape index (κ2) is 4.20. The second-order valence-corrected chi connectivity index (χ2v) is 3.42. The number of aromatic nitrogens is 3. The number of nitrogen functional groups attached to an aromatic ring is 1. The number of hydrogen-bond donors (Lipinski definition) is 3. The van der Waals surface area contributed by atoms with Gasteiger partial charge in [0.15, 0.2) is 11.3 Å². The molecule has 2 aromatic rings. The molecule has 4 N–H and O–H groups in total. The summed E-state index contributed by atoms with van der Waals surface area (Å²) in [7, 11) is 1.59. The van der Waals surface area contributed by atoms with Crippen LogP contribution in [0.4, 0.5) is 21.8 Å². The molecule has 2 rings (SSSR count). The third-order valence-electron chi connectivity index (χ3n) is 2.14. The molecule has 0 saturated heterocycles. The largest absolute Gasteiger partial charge is 0.380 e. The van der Waals surface area contributed by atoms with E-state index in [2.05, 4.69) is 15.4 Å². The molecule has 0 aliphatic rings. The Morgan fingerprint density at radius 1 is 1.35 bits per heavy atom. The van der Waals surface area contributed by atoms with Crippen molar-refractivity contribution in [2.75, 3.05) is 11.1 Å². The lowest BCUT2D eigenvalue weighted by atomic mass is 10.3. The minimum absolute atomic E-state index is 0.0367. The summed E-state index contributed by atoms with van der Waals surface area (Å²) < 4.78 is 14.0. The van der Waals surface area contributed by atoms with E-state index in [0.29, 0.717) is 5.69 Å². The Kier molecular flexibility index (Phi) is 2.73. The summed E-state index contributed by atoms with van der Waals surface area (Å²) in [6, 6.07) is 5.77. The first-order valence-corrected chi connectivity index (χ1v) is 4.84. The number of nitrogens with one attached hydrogen (secondary N) is 2. The molecule has 0 aliphatic carbocycles. The molecular formula is C10H11FN6. The lowest BCUT2D eigenvalue weighted by Crippen LogP contribution is -2.25. The van der Waals surface area contributed by atoms with Crippen LogP contribution in [0.25, 0.3) is 0 Å². The zero-order chi connectivity index (χ0) is 12.4. The van der Waals surface area contributed by atoms with Crippen LogP contribution in [0.15, 0.2) is 24.3 Å². The molecule has 0 fully saturated rings. The summed E-state index contributed by atoms with van der Waals surface area (Å²) in [5, 5.41) is 14.3. The predicted molar refractivity (Wildman–Crippen MR) is 61.0 cm³/mol. The predicted octanol–water partition coefficient (Wildman–Crippen LogP) is 0.759. The maximum absolute atomic E-state index is 12.7. The van der Waals surface area contributed by atoms with Gasteiger partial charge in [-0.05, 0) is 24.3 Å². The molecule has 0 spiro atoms. The highest BCUT2D eigenvalue weighted by Gasteiger charge is 2.02. The van der Waals surface area contributed by atoms with Crippen molar-refractivity contribution in [3.05, 3.63) is 35.6 Å². The van der Waals surface area contributed by atoms with Gasteiger partial charge in [-0.15, -0.1) is 5.10 Å². The summed E-state index contributed by atoms with van der Waals surface area (Å²) in [6.07, 6.45) is 0. The third-order valence-corrected chi connectivity index (χ3v) is 2.14. The average Bonchev–Trinajstić information content (AvgIpc) is 2.29. The first kappa shape index (κ1) is 11.1. The van der Waals surface area contributed by atoms with E-state index in [1.165, 1.54) is 16.8 Å². The van der Waals surface area contributed by atoms with Crippen molar-refractivity contribution in [1.29, 1.82) is 5.41 Å². The molecule has 0 unspecified atom stereocenters. The van der Waals surface area contributed by atoms with Crippen LogP contribution in [0.1, 0.15) is 0 Å². The van der Waals surface area contributed by atoms with Gasteiger partial charge in [-0.25, -0.2) is 9.07 Å². The van der Waals surface area contributed by atoms with Gasteiger partial charge in [0.25, 0.3) is 0 Å². The summed E-state index contributed by atoms with van der Waals surface area (Å²) >= 11 is 0. The van der Waals surface area contributed by atoms with E-state index in [9.17, 15) is 4.39 Å². The van der Waals surface area contributed by atoms with Crippen LogP contribution in [0, 0.1) is 11.2 Å². The van der Waals surface area contributed by atoms with Gasteiger partial charge in [0.2, 0.25) is 5.95 Å². The van der Waals surface area contributed by atoms with Gasteiger partial charge in [-0.3, -0.25) is 5.41 Å². The maximum atomic E-state index is 12.7. The van der Waals surface area contributed by atoms with Crippen LogP contribution in [0.3, 0.4) is 0 Å². The highest BCUT2D eigenvalue weighted by Crippen LogP contribution is 2.12. The number of hydrogen-bond acceptors (Lipinski definition) is 5. The Balaban J connectivity index is 2.30. The van der Waals surface area contributed by atoms with Crippen molar-refractivity contribution in [1.82, 2.24) is 14.8 Å². The van der Waals surface area contributed by atoms with Crippen molar-refractivity contribution < 1.29 is 4.39 Å². The standard InChI is InChI=1S/C10H11FN6/c1-17-9(13)8(12)15-10(16-17)14-7-4-2-6(11)3-5-7/h2-5,13H,1H3,(H3,12,14,15,16). The molecule has 0 amide bonds. The number of rotatable bonds is 2. The smallest absolute Gasteiger partial charge is 0.247 e. The van der Waals surface area contributed by atoms with E-state index in [4.69, 9.17) is 11.1 Å². The van der Waals surface area contributed by atoms with Crippen LogP contribution in [0.2, 0.25) is 0 Å². The number of nitrogens with zero attached hydrogens (tertiary/aromatic N) is 3. The van der Waals surface area contributed by atoms with Gasteiger partial charge >= 0.3 is 0 Å². The topological polar surface area (TPSA) is 92.6 Å². The van der Waals surface area contributed by atoms with E-state index in [-0.39, 0.29) is 23.1 Å². The Morgan fingerprint density at radius 2 is 2.00 bits per heavy atom. The Labute approximate surface area is 96.4 Å². The zero-order valence-corrected chi connectivity index (χ0v) is 9.11. The highest BCUT2D eigenvalue weighted by atomic mass is 19.1. The van der Waals surface area contributed by atoms with E-state index in [1.54, 1.807) is 19.2 Å². The fourth-order valence-corrected chi connectivity index (χ4v) is 1.26. The summed E-state index contributed by atoms with van der Waals surface area (Å²) in [5.41, 5.74) is 6.22. The lowest BCUT2D eigenvalue weighted by Gasteiger charge is -2.07. The molecule has 1 aromatic heterocycles. The molecule has 17 heavy (non-hydrogen) atoms. The number of nitrogens with two attached hydrogens (primary N) is 1. The van der Waals surface area contributed by atoms with Gasteiger partial charge in [0.1, 0.15) is 5.82 Å². The fourth-order valence-electron chi connectivity index (χ4n) is 1.26. The van der Waals surface area contributed by atoms with Gasteiger partial charge in [-0.2, -0.15) is 4.98 Å². The molecule has 0 saturated carbocycles. The molecule has 0 radical (unpaired) electrons. The van der Waals surface area contributed by atoms with Gasteiger partial charge in [0.05, 0.1) is 0 Å². The van der Waals surface area contributed by atoms with Crippen molar-refractivity contribution in [3.8, 4) is 0 Å². The van der Waals surface area contributed by atoms with Crippen LogP contribution >= 0.6 is 0 Å². The summed E-state index contributed by atoms with van der Waals surface area (Å²) in [5.74, 6) is 0.0164. The van der Waals surface area contributed by atoms with Crippen LogP contribution < -0.4 is 16.5 Å². The van der Waals surface area contributed by atoms with Crippen LogP contribution in [-0.2, 0) is 7.05 Å². The first-order valence-electron chi connectivity index (χ1n) is 4.84. The molecule has 88 valence electrons. The van der Waals surface area contributed by atoms with Crippen LogP contribution in [0.5, 0.6) is 0 Å². The second-order valence-electron chi connectivity index (χ2n) is 3.42. The van der Waals surface area contributed by atoms with E-state index < -0.39 is 0 Å². The molecule has 6 nitrogen and oxygen atoms in total. The third kappa shape index (κ3) is 2.39. The molecule has 1 heterocycles. The number of anilines is 3. The van der Waals surface area contributed by atoms with E-state index in [1.807, 2.05) is 0 Å². The van der Waals surface area contributed by atoms with Crippen molar-refractivity contribution >= 4 is 17.5 Å². The average molecular weight is 234 g/mol. The van der Waals surface area contributed by atoms with Crippen molar-refractivity contribution in [2.24, 2.45) is 7.05 Å². The minimum atomic E-state index is -0.317. The number of halogens is 1. The van der Waals surface area contributed by atoms with Crippen molar-refractivity contribution in [3.63, 3.8) is 0 Å².